The molecule has 0 aliphatic carbocycles. The number of carbonyl (C=O) groups excluding carboxylic acids is 2. The lowest BCUT2D eigenvalue weighted by Gasteiger charge is -2.53. The van der Waals surface area contributed by atoms with Gasteiger partial charge in [-0.2, -0.15) is 13.2 Å². The Balaban J connectivity index is 1.61. The minimum atomic E-state index is -4.63. The first-order chi connectivity index (χ1) is 14.3. The van der Waals surface area contributed by atoms with Gasteiger partial charge in [-0.05, 0) is 33.6 Å². The van der Waals surface area contributed by atoms with Crippen LogP contribution >= 0.6 is 11.6 Å². The van der Waals surface area contributed by atoms with Gasteiger partial charge in [-0.3, -0.25) is 4.79 Å². The molecule has 3 heterocycles. The zero-order valence-corrected chi connectivity index (χ0v) is 18.3. The van der Waals surface area contributed by atoms with Crippen LogP contribution in [-0.2, 0) is 9.53 Å². The summed E-state index contributed by atoms with van der Waals surface area (Å²) in [6, 6.07) is 0. The largest absolute Gasteiger partial charge is 0.444 e. The number of nitrogens with zero attached hydrogens (tertiary/aromatic N) is 4. The van der Waals surface area contributed by atoms with E-state index in [1.54, 1.807) is 4.90 Å². The van der Waals surface area contributed by atoms with E-state index in [0.29, 0.717) is 26.2 Å². The number of carbonyl (C=O) groups is 2. The van der Waals surface area contributed by atoms with Crippen LogP contribution in [0, 0.1) is 5.41 Å². The molecule has 172 valence electrons. The van der Waals surface area contributed by atoms with E-state index >= 15 is 0 Å². The van der Waals surface area contributed by atoms with Gasteiger partial charge in [0.2, 0.25) is 5.91 Å². The highest BCUT2D eigenvalue weighted by Gasteiger charge is 2.48. The SMILES string of the molecule is CC(C)(C)OC(=O)N1CC2(CCN(c3ncnc(Cl)c3NC(=O)CC(F)(F)F)CC2)C1. The first kappa shape index (κ1) is 23.4. The molecule has 2 saturated heterocycles. The van der Waals surface area contributed by atoms with Gasteiger partial charge in [-0.25, -0.2) is 14.8 Å². The summed E-state index contributed by atoms with van der Waals surface area (Å²) in [5.41, 5.74) is -0.606. The van der Waals surface area contributed by atoms with Gasteiger partial charge in [-0.1, -0.05) is 11.6 Å². The minimum absolute atomic E-state index is 0.0239. The lowest BCUT2D eigenvalue weighted by molar-refractivity contribution is -0.150. The molecule has 2 aliphatic heterocycles. The number of likely N-dealkylation sites (tertiary alicyclic amines) is 1. The Morgan fingerprint density at radius 1 is 1.19 bits per heavy atom. The molecule has 2 aliphatic rings. The fraction of sp³-hybridized carbons (Fsp3) is 0.684. The number of halogens is 4. The number of piperidine rings is 1. The van der Waals surface area contributed by atoms with Crippen molar-refractivity contribution in [3.8, 4) is 0 Å². The van der Waals surface area contributed by atoms with Crippen LogP contribution < -0.4 is 10.2 Å². The summed E-state index contributed by atoms with van der Waals surface area (Å²) in [7, 11) is 0. The van der Waals surface area contributed by atoms with Crippen LogP contribution in [0.25, 0.3) is 0 Å². The lowest BCUT2D eigenvalue weighted by atomic mass is 9.72. The Kier molecular flexibility index (Phi) is 6.28. The average molecular weight is 464 g/mol. The summed E-state index contributed by atoms with van der Waals surface area (Å²) in [4.78, 5) is 35.4. The van der Waals surface area contributed by atoms with Crippen molar-refractivity contribution in [1.29, 1.82) is 0 Å². The Labute approximate surface area is 183 Å². The summed E-state index contributed by atoms with van der Waals surface area (Å²) in [6.45, 7) is 7.74. The van der Waals surface area contributed by atoms with E-state index in [9.17, 15) is 22.8 Å². The summed E-state index contributed by atoms with van der Waals surface area (Å²) < 4.78 is 42.9. The van der Waals surface area contributed by atoms with Crippen LogP contribution in [-0.4, -0.2) is 64.8 Å². The van der Waals surface area contributed by atoms with Crippen LogP contribution in [0.1, 0.15) is 40.0 Å². The molecular formula is C19H25ClF3N5O3. The maximum absolute atomic E-state index is 12.5. The van der Waals surface area contributed by atoms with Gasteiger partial charge in [0.05, 0.1) is 0 Å². The first-order valence-corrected chi connectivity index (χ1v) is 10.2. The molecule has 2 amide bonds. The third kappa shape index (κ3) is 5.90. The molecule has 12 heteroatoms. The van der Waals surface area contributed by atoms with E-state index in [1.165, 1.54) is 6.33 Å². The van der Waals surface area contributed by atoms with E-state index < -0.39 is 24.1 Å². The van der Waals surface area contributed by atoms with Gasteiger partial charge < -0.3 is 19.9 Å². The van der Waals surface area contributed by atoms with Gasteiger partial charge in [0, 0.05) is 31.6 Å². The second kappa shape index (κ2) is 8.33. The van der Waals surface area contributed by atoms with Crippen LogP contribution in [0.3, 0.4) is 0 Å². The van der Waals surface area contributed by atoms with Crippen molar-refractivity contribution in [2.45, 2.75) is 51.8 Å². The topological polar surface area (TPSA) is 87.7 Å². The zero-order valence-electron chi connectivity index (χ0n) is 17.6. The minimum Gasteiger partial charge on any atom is -0.444 e. The Morgan fingerprint density at radius 3 is 2.35 bits per heavy atom. The zero-order chi connectivity index (χ0) is 23.0. The lowest BCUT2D eigenvalue weighted by Crippen LogP contribution is -2.62. The van der Waals surface area contributed by atoms with Crippen molar-refractivity contribution >= 4 is 35.1 Å². The average Bonchev–Trinajstić information content (AvgIpc) is 2.58. The van der Waals surface area contributed by atoms with Crippen molar-refractivity contribution < 1.29 is 27.5 Å². The number of hydrogen-bond acceptors (Lipinski definition) is 6. The highest BCUT2D eigenvalue weighted by Crippen LogP contribution is 2.43. The first-order valence-electron chi connectivity index (χ1n) is 9.87. The molecule has 0 unspecified atom stereocenters. The highest BCUT2D eigenvalue weighted by molar-refractivity contribution is 6.33. The molecule has 1 spiro atoms. The number of aromatic nitrogens is 2. The second-order valence-corrected chi connectivity index (χ2v) is 9.38. The predicted molar refractivity (Wildman–Crippen MR) is 108 cm³/mol. The van der Waals surface area contributed by atoms with Crippen molar-refractivity contribution in [3.63, 3.8) is 0 Å². The molecule has 1 N–H and O–H groups in total. The van der Waals surface area contributed by atoms with E-state index in [0.717, 1.165) is 12.8 Å². The summed E-state index contributed by atoms with van der Waals surface area (Å²) >= 11 is 6.03. The molecule has 0 aromatic carbocycles. The Hall–Kier alpha value is -2.30. The van der Waals surface area contributed by atoms with Crippen LogP contribution in [0.4, 0.5) is 29.5 Å². The monoisotopic (exact) mass is 463 g/mol. The van der Waals surface area contributed by atoms with E-state index in [2.05, 4.69) is 15.3 Å². The standard InChI is InChI=1S/C19H25ClF3N5O3/c1-17(2,3)31-16(30)28-9-18(10-28)4-6-27(7-5-18)15-13(14(20)24-11-25-15)26-12(29)8-19(21,22)23/h11H,4-10H2,1-3H3,(H,26,29). The maximum Gasteiger partial charge on any atom is 0.410 e. The number of rotatable bonds is 3. The van der Waals surface area contributed by atoms with Crippen molar-refractivity contribution in [2.24, 2.45) is 5.41 Å². The smallest absolute Gasteiger partial charge is 0.410 e. The van der Waals surface area contributed by atoms with Crippen molar-refractivity contribution in [3.05, 3.63) is 11.5 Å². The summed E-state index contributed by atoms with van der Waals surface area (Å²) in [6.07, 6.45) is -3.88. The molecule has 0 bridgehead atoms. The third-order valence-corrected chi connectivity index (χ3v) is 5.52. The fourth-order valence-electron chi connectivity index (χ4n) is 3.80. The number of nitrogens with one attached hydrogen (secondary N) is 1. The number of amides is 2. The molecule has 1 aromatic heterocycles. The number of hydrogen-bond donors (Lipinski definition) is 1. The molecule has 31 heavy (non-hydrogen) atoms. The molecule has 8 nitrogen and oxygen atoms in total. The van der Waals surface area contributed by atoms with Gasteiger partial charge in [0.1, 0.15) is 24.0 Å². The van der Waals surface area contributed by atoms with E-state index in [1.807, 2.05) is 25.7 Å². The number of alkyl halides is 3. The quantitative estimate of drug-likeness (QED) is 0.685. The third-order valence-electron chi connectivity index (χ3n) is 5.23. The van der Waals surface area contributed by atoms with Crippen LogP contribution in [0.5, 0.6) is 0 Å². The summed E-state index contributed by atoms with van der Waals surface area (Å²) in [5, 5.41) is 2.07. The Morgan fingerprint density at radius 2 is 1.81 bits per heavy atom. The molecule has 0 atom stereocenters. The highest BCUT2D eigenvalue weighted by atomic mass is 35.5. The molecule has 0 saturated carbocycles. The molecular weight excluding hydrogens is 439 g/mol. The van der Waals surface area contributed by atoms with E-state index in [4.69, 9.17) is 16.3 Å². The Bertz CT molecular complexity index is 843. The molecule has 1 aromatic rings. The maximum atomic E-state index is 12.5. The predicted octanol–water partition coefficient (Wildman–Crippen LogP) is 3.86. The van der Waals surface area contributed by atoms with Gasteiger partial charge in [0.15, 0.2) is 11.0 Å². The van der Waals surface area contributed by atoms with Crippen molar-refractivity contribution in [1.82, 2.24) is 14.9 Å². The van der Waals surface area contributed by atoms with Crippen molar-refractivity contribution in [2.75, 3.05) is 36.4 Å². The molecule has 2 fully saturated rings. The number of ether oxygens (including phenoxy) is 1. The van der Waals surface area contributed by atoms with Gasteiger partial charge in [0.25, 0.3) is 0 Å². The fourth-order valence-corrected chi connectivity index (χ4v) is 3.97. The van der Waals surface area contributed by atoms with Gasteiger partial charge >= 0.3 is 12.3 Å². The van der Waals surface area contributed by atoms with Crippen LogP contribution in [0.2, 0.25) is 5.15 Å². The molecule has 3 rings (SSSR count). The summed E-state index contributed by atoms with van der Waals surface area (Å²) in [5.74, 6) is -0.945. The van der Waals surface area contributed by atoms with Gasteiger partial charge in [-0.15, -0.1) is 0 Å². The number of anilines is 2. The molecule has 0 radical (unpaired) electrons. The normalized spacial score (nSPS) is 18.5. The van der Waals surface area contributed by atoms with Crippen LogP contribution in [0.15, 0.2) is 6.33 Å². The van der Waals surface area contributed by atoms with E-state index in [-0.39, 0.29) is 28.2 Å². The second-order valence-electron chi connectivity index (χ2n) is 9.03.